The van der Waals surface area contributed by atoms with Crippen LogP contribution in [0.5, 0.6) is 0 Å². The van der Waals surface area contributed by atoms with Crippen LogP contribution >= 0.6 is 0 Å². The van der Waals surface area contributed by atoms with Crippen LogP contribution in [0.2, 0.25) is 0 Å². The standard InChI is InChI=1S/C7H17NO2S/c1-4-5-6-7(2,3)8-11(9)10/h8H,4-6H2,1-3H3,(H,9,10). The van der Waals surface area contributed by atoms with Crippen molar-refractivity contribution < 1.29 is 8.76 Å². The molecule has 0 rings (SSSR count). The van der Waals surface area contributed by atoms with Gasteiger partial charge in [0.25, 0.3) is 0 Å². The first kappa shape index (κ1) is 11.1. The van der Waals surface area contributed by atoms with Gasteiger partial charge in [-0.1, -0.05) is 19.8 Å². The third-order valence-electron chi connectivity index (χ3n) is 1.52. The van der Waals surface area contributed by atoms with Crippen LogP contribution in [0.1, 0.15) is 40.0 Å². The van der Waals surface area contributed by atoms with Crippen molar-refractivity contribution >= 4 is 11.3 Å². The van der Waals surface area contributed by atoms with Crippen molar-refractivity contribution in [2.24, 2.45) is 0 Å². The first-order chi connectivity index (χ1) is 4.98. The fraction of sp³-hybridized carbons (Fsp3) is 1.00. The summed E-state index contributed by atoms with van der Waals surface area (Å²) in [5.41, 5.74) is -0.227. The molecule has 0 aliphatic carbocycles. The maximum atomic E-state index is 10.4. The van der Waals surface area contributed by atoms with Gasteiger partial charge in [-0.25, -0.2) is 8.93 Å². The maximum absolute atomic E-state index is 10.4. The summed E-state index contributed by atoms with van der Waals surface area (Å²) in [5, 5.41) is 0. The van der Waals surface area contributed by atoms with E-state index in [4.69, 9.17) is 4.55 Å². The van der Waals surface area contributed by atoms with E-state index in [0.717, 1.165) is 19.3 Å². The van der Waals surface area contributed by atoms with Gasteiger partial charge in [0.05, 0.1) is 0 Å². The van der Waals surface area contributed by atoms with E-state index in [9.17, 15) is 4.21 Å². The summed E-state index contributed by atoms with van der Waals surface area (Å²) in [5.74, 6) is 0. The van der Waals surface area contributed by atoms with Gasteiger partial charge in [-0.05, 0) is 20.3 Å². The Morgan fingerprint density at radius 3 is 2.45 bits per heavy atom. The van der Waals surface area contributed by atoms with Gasteiger partial charge in [-0.3, -0.25) is 4.55 Å². The Morgan fingerprint density at radius 2 is 2.09 bits per heavy atom. The summed E-state index contributed by atoms with van der Waals surface area (Å²) in [4.78, 5) is 0. The van der Waals surface area contributed by atoms with Crippen molar-refractivity contribution in [3.8, 4) is 0 Å². The Hall–Kier alpha value is 0.0700. The van der Waals surface area contributed by atoms with Gasteiger partial charge in [-0.2, -0.15) is 0 Å². The lowest BCUT2D eigenvalue weighted by molar-refractivity contribution is 0.402. The van der Waals surface area contributed by atoms with Crippen LogP contribution in [-0.4, -0.2) is 14.3 Å². The van der Waals surface area contributed by atoms with Crippen LogP contribution in [0.4, 0.5) is 0 Å². The molecule has 1 atom stereocenters. The second kappa shape index (κ2) is 4.85. The van der Waals surface area contributed by atoms with E-state index in [-0.39, 0.29) is 5.54 Å². The number of hydrogen-bond donors (Lipinski definition) is 2. The molecule has 0 radical (unpaired) electrons. The number of unbranched alkanes of at least 4 members (excludes halogenated alkanes) is 1. The lowest BCUT2D eigenvalue weighted by Crippen LogP contribution is -2.39. The normalized spacial score (nSPS) is 14.9. The summed E-state index contributed by atoms with van der Waals surface area (Å²) in [6.45, 7) is 5.96. The monoisotopic (exact) mass is 179 g/mol. The highest BCUT2D eigenvalue weighted by atomic mass is 32.2. The number of rotatable bonds is 5. The largest absolute Gasteiger partial charge is 0.294 e. The molecule has 0 aliphatic heterocycles. The number of hydrogen-bond acceptors (Lipinski definition) is 1. The smallest absolute Gasteiger partial charge is 0.232 e. The lowest BCUT2D eigenvalue weighted by atomic mass is 9.99. The Morgan fingerprint density at radius 1 is 1.55 bits per heavy atom. The minimum absolute atomic E-state index is 0.227. The topological polar surface area (TPSA) is 49.3 Å². The molecule has 0 amide bonds. The molecule has 0 spiro atoms. The van der Waals surface area contributed by atoms with Gasteiger partial charge < -0.3 is 0 Å². The SMILES string of the molecule is CCCCC(C)(C)NS(=O)O. The Labute approximate surface area is 71.0 Å². The van der Waals surface area contributed by atoms with Crippen molar-refractivity contribution in [3.63, 3.8) is 0 Å². The van der Waals surface area contributed by atoms with Gasteiger partial charge in [0.2, 0.25) is 11.3 Å². The zero-order valence-electron chi connectivity index (χ0n) is 7.39. The zero-order valence-corrected chi connectivity index (χ0v) is 8.20. The molecule has 68 valence electrons. The first-order valence-electron chi connectivity index (χ1n) is 3.86. The van der Waals surface area contributed by atoms with Crippen molar-refractivity contribution in [2.75, 3.05) is 0 Å². The summed E-state index contributed by atoms with van der Waals surface area (Å²) in [6.07, 6.45) is 3.12. The van der Waals surface area contributed by atoms with Gasteiger partial charge in [0.1, 0.15) is 0 Å². The van der Waals surface area contributed by atoms with Crippen LogP contribution in [-0.2, 0) is 11.3 Å². The second-order valence-corrected chi connectivity index (χ2v) is 4.04. The highest BCUT2D eigenvalue weighted by Crippen LogP contribution is 2.12. The molecule has 0 heterocycles. The minimum atomic E-state index is -1.89. The van der Waals surface area contributed by atoms with Crippen molar-refractivity contribution in [2.45, 2.75) is 45.6 Å². The molecule has 11 heavy (non-hydrogen) atoms. The molecular weight excluding hydrogens is 162 g/mol. The van der Waals surface area contributed by atoms with E-state index in [1.54, 1.807) is 0 Å². The van der Waals surface area contributed by atoms with Crippen LogP contribution in [0.3, 0.4) is 0 Å². The molecular formula is C7H17NO2S. The molecule has 0 fully saturated rings. The van der Waals surface area contributed by atoms with E-state index in [1.807, 2.05) is 13.8 Å². The molecule has 1 unspecified atom stereocenters. The summed E-state index contributed by atoms with van der Waals surface area (Å²) >= 11 is -1.89. The molecule has 3 nitrogen and oxygen atoms in total. The van der Waals surface area contributed by atoms with Crippen LogP contribution in [0, 0.1) is 0 Å². The third kappa shape index (κ3) is 6.47. The maximum Gasteiger partial charge on any atom is 0.232 e. The fourth-order valence-corrected chi connectivity index (χ4v) is 1.48. The molecule has 2 N–H and O–H groups in total. The number of nitrogens with one attached hydrogen (secondary N) is 1. The molecule has 0 aromatic rings. The van der Waals surface area contributed by atoms with Gasteiger partial charge in [0, 0.05) is 5.54 Å². The van der Waals surface area contributed by atoms with E-state index in [0.29, 0.717) is 0 Å². The Kier molecular flexibility index (Phi) is 4.88. The van der Waals surface area contributed by atoms with E-state index >= 15 is 0 Å². The van der Waals surface area contributed by atoms with E-state index < -0.39 is 11.3 Å². The van der Waals surface area contributed by atoms with E-state index in [1.165, 1.54) is 0 Å². The average Bonchev–Trinajstić information content (AvgIpc) is 1.81. The van der Waals surface area contributed by atoms with Gasteiger partial charge in [-0.15, -0.1) is 0 Å². The molecule has 0 aliphatic rings. The predicted octanol–water partition coefficient (Wildman–Crippen LogP) is 1.68. The summed E-state index contributed by atoms with van der Waals surface area (Å²) < 4.78 is 21.5. The van der Waals surface area contributed by atoms with Crippen molar-refractivity contribution in [1.29, 1.82) is 0 Å². The highest BCUT2D eigenvalue weighted by Gasteiger charge is 2.17. The van der Waals surface area contributed by atoms with Gasteiger partial charge >= 0.3 is 0 Å². The van der Waals surface area contributed by atoms with Crippen molar-refractivity contribution in [1.82, 2.24) is 4.72 Å². The quantitative estimate of drug-likeness (QED) is 0.631. The van der Waals surface area contributed by atoms with Crippen LogP contribution in [0.15, 0.2) is 0 Å². The molecule has 0 bridgehead atoms. The summed E-state index contributed by atoms with van der Waals surface area (Å²) in [7, 11) is 0. The summed E-state index contributed by atoms with van der Waals surface area (Å²) in [6, 6.07) is 0. The molecule has 0 saturated heterocycles. The molecule has 0 saturated carbocycles. The lowest BCUT2D eigenvalue weighted by Gasteiger charge is -2.23. The molecule has 0 aromatic heterocycles. The predicted molar refractivity (Wildman–Crippen MR) is 47.5 cm³/mol. The molecule has 4 heteroatoms. The highest BCUT2D eigenvalue weighted by molar-refractivity contribution is 7.77. The minimum Gasteiger partial charge on any atom is -0.294 e. The van der Waals surface area contributed by atoms with Crippen LogP contribution in [0.25, 0.3) is 0 Å². The van der Waals surface area contributed by atoms with Crippen molar-refractivity contribution in [3.05, 3.63) is 0 Å². The molecule has 0 aromatic carbocycles. The Bertz CT molecular complexity index is 136. The first-order valence-corrected chi connectivity index (χ1v) is 4.97. The van der Waals surface area contributed by atoms with E-state index in [2.05, 4.69) is 11.6 Å². The van der Waals surface area contributed by atoms with Crippen LogP contribution < -0.4 is 4.72 Å². The Balaban J connectivity index is 3.70. The third-order valence-corrected chi connectivity index (χ3v) is 2.25. The average molecular weight is 179 g/mol. The van der Waals surface area contributed by atoms with Gasteiger partial charge in [0.15, 0.2) is 0 Å². The zero-order chi connectivity index (χ0) is 8.91. The second-order valence-electron chi connectivity index (χ2n) is 3.34. The fourth-order valence-electron chi connectivity index (χ4n) is 0.906.